The molecule has 7 heteroatoms. The van der Waals surface area contributed by atoms with E-state index in [1.807, 2.05) is 48.5 Å². The van der Waals surface area contributed by atoms with Gasteiger partial charge in [-0.25, -0.2) is 4.98 Å². The Labute approximate surface area is 203 Å². The van der Waals surface area contributed by atoms with Gasteiger partial charge in [0.25, 0.3) is 0 Å². The molecular weight excluding hydrogens is 438 g/mol. The van der Waals surface area contributed by atoms with Crippen LogP contribution in [0, 0.1) is 0 Å². The fourth-order valence-electron chi connectivity index (χ4n) is 5.21. The number of hydrogen-bond acceptors (Lipinski definition) is 6. The van der Waals surface area contributed by atoms with Gasteiger partial charge in [0.05, 0.1) is 32.3 Å². The van der Waals surface area contributed by atoms with Crippen molar-refractivity contribution >= 4 is 45.3 Å². The summed E-state index contributed by atoms with van der Waals surface area (Å²) in [5.41, 5.74) is 4.54. The predicted octanol–water partition coefficient (Wildman–Crippen LogP) is 6.01. The van der Waals surface area contributed by atoms with E-state index >= 15 is 0 Å². The van der Waals surface area contributed by atoms with Gasteiger partial charge in [-0.05, 0) is 65.9 Å². The quantitative estimate of drug-likeness (QED) is 0.334. The van der Waals surface area contributed by atoms with Gasteiger partial charge in [-0.15, -0.1) is 0 Å². The second-order valence-corrected chi connectivity index (χ2v) is 9.07. The van der Waals surface area contributed by atoms with Gasteiger partial charge in [-0.1, -0.05) is 24.3 Å². The Bertz CT molecular complexity index is 1710. The molecule has 2 aliphatic rings. The lowest BCUT2D eigenvalue weighted by molar-refractivity contribution is 0.414. The monoisotopic (exact) mass is 462 g/mol. The van der Waals surface area contributed by atoms with Crippen LogP contribution in [0.15, 0.2) is 71.7 Å². The second-order valence-electron chi connectivity index (χ2n) is 9.07. The van der Waals surface area contributed by atoms with E-state index in [0.29, 0.717) is 23.6 Å². The average molecular weight is 463 g/mol. The highest BCUT2D eigenvalue weighted by Gasteiger charge is 2.58. The molecule has 0 bridgehead atoms. The van der Waals surface area contributed by atoms with Gasteiger partial charge in [0, 0.05) is 22.4 Å². The Morgan fingerprint density at radius 1 is 1.03 bits per heavy atom. The molecular formula is C28H23N5O2. The van der Waals surface area contributed by atoms with E-state index in [4.69, 9.17) is 15.8 Å². The number of aliphatic imine (C=N–C) groups is 1. The number of nitrogens with zero attached hydrogens (tertiary/aromatic N) is 3. The predicted molar refractivity (Wildman–Crippen MR) is 138 cm³/mol. The molecule has 3 aromatic carbocycles. The topological polar surface area (TPSA) is 84.4 Å². The lowest BCUT2D eigenvalue weighted by Gasteiger charge is -2.11. The van der Waals surface area contributed by atoms with E-state index in [9.17, 15) is 0 Å². The summed E-state index contributed by atoms with van der Waals surface area (Å²) in [6.45, 7) is 0. The molecule has 2 aromatic heterocycles. The first kappa shape index (κ1) is 19.0. The number of fused-ring (bicyclic) bond motifs is 4. The van der Waals surface area contributed by atoms with Crippen LogP contribution in [-0.4, -0.2) is 35.6 Å². The number of nitrogens with one attached hydrogen (secondary N) is 2. The van der Waals surface area contributed by atoms with E-state index in [2.05, 4.69) is 38.7 Å². The zero-order valence-electron chi connectivity index (χ0n) is 20.3. The number of rotatable bonds is 5. The molecule has 2 N–H and O–H groups in total. The van der Waals surface area contributed by atoms with Crippen molar-refractivity contribution in [2.45, 2.75) is 17.8 Å². The number of hydrogen-bond donors (Lipinski definition) is 2. The van der Waals surface area contributed by atoms with E-state index in [1.165, 1.54) is 0 Å². The number of ether oxygens (including phenoxy) is 2. The minimum Gasteiger partial charge on any atom is -0.497 e. The maximum Gasteiger partial charge on any atom is 0.175 e. The number of pyridine rings is 1. The summed E-state index contributed by atoms with van der Waals surface area (Å²) >= 11 is 0. The van der Waals surface area contributed by atoms with Crippen LogP contribution >= 0.6 is 0 Å². The number of aromatic amines is 1. The van der Waals surface area contributed by atoms with Crippen LogP contribution in [0.3, 0.4) is 0 Å². The Morgan fingerprint density at radius 3 is 2.83 bits per heavy atom. The lowest BCUT2D eigenvalue weighted by atomic mass is 9.92. The third-order valence-electron chi connectivity index (χ3n) is 7.16. The van der Waals surface area contributed by atoms with Gasteiger partial charge in [0.2, 0.25) is 0 Å². The normalized spacial score (nSPS) is 20.6. The Kier molecular flexibility index (Phi) is 3.96. The van der Waals surface area contributed by atoms with Crippen LogP contribution in [0.25, 0.3) is 21.8 Å². The molecule has 5 aromatic rings. The highest BCUT2D eigenvalue weighted by atomic mass is 16.5. The third-order valence-corrected chi connectivity index (χ3v) is 7.16. The summed E-state index contributed by atoms with van der Waals surface area (Å²) in [7, 11) is 3.30. The summed E-state index contributed by atoms with van der Waals surface area (Å²) in [5.74, 6) is 2.93. The van der Waals surface area contributed by atoms with Crippen molar-refractivity contribution in [3.8, 4) is 11.5 Å². The van der Waals surface area contributed by atoms with Crippen LogP contribution in [0.1, 0.15) is 24.8 Å². The van der Waals surface area contributed by atoms with Gasteiger partial charge in [0.15, 0.2) is 17.4 Å². The summed E-state index contributed by atoms with van der Waals surface area (Å²) in [5, 5.41) is 13.0. The molecule has 172 valence electrons. The van der Waals surface area contributed by atoms with Crippen molar-refractivity contribution in [3.63, 3.8) is 0 Å². The van der Waals surface area contributed by atoms with Crippen molar-refractivity contribution in [2.24, 2.45) is 4.99 Å². The fourth-order valence-corrected chi connectivity index (χ4v) is 5.21. The summed E-state index contributed by atoms with van der Waals surface area (Å²) in [6.07, 6.45) is 1.29. The number of benzene rings is 3. The zero-order valence-corrected chi connectivity index (χ0v) is 19.3. The fraction of sp³-hybridized carbons (Fsp3) is 0.179. The van der Waals surface area contributed by atoms with Crippen LogP contribution in [-0.2, 0) is 5.41 Å². The van der Waals surface area contributed by atoms with Crippen LogP contribution in [0.5, 0.6) is 11.5 Å². The largest absolute Gasteiger partial charge is 0.497 e. The molecule has 1 spiro atoms. The van der Waals surface area contributed by atoms with Crippen molar-refractivity contribution in [1.29, 1.82) is 0 Å². The standard InChI is InChI=1S/C28H23N5O2/c1-34-18-8-10-23-20(13-18)28(15-29-23)14-21(28)16-7-9-19-24(11-16)32-33-26(19)31-27-25(35-2)12-17-5-3-4-6-22(17)30-27/h3-13,15,21H,14H2,1-2H3,(H2,30,31,32,33)/t21-,28-/m0/s1/i15D. The van der Waals surface area contributed by atoms with Crippen LogP contribution in [0.2, 0.25) is 0 Å². The maximum absolute atomic E-state index is 8.64. The molecule has 7 rings (SSSR count). The Hall–Kier alpha value is -4.39. The molecule has 35 heavy (non-hydrogen) atoms. The SMILES string of the molecule is [2H]C1=Nc2ccc(OC)cc2[C@]12C[C@H]2c1ccc2c(Nc3nc4ccccc4cc3OC)n[nH]c2c1. The molecule has 0 amide bonds. The van der Waals surface area contributed by atoms with Gasteiger partial charge in [-0.2, -0.15) is 5.10 Å². The summed E-state index contributed by atoms with van der Waals surface area (Å²) < 4.78 is 19.7. The molecule has 3 heterocycles. The first-order valence-electron chi connectivity index (χ1n) is 12.0. The Balaban J connectivity index is 1.22. The van der Waals surface area contributed by atoms with Crippen molar-refractivity contribution < 1.29 is 10.8 Å². The van der Waals surface area contributed by atoms with Gasteiger partial charge < -0.3 is 14.8 Å². The smallest absolute Gasteiger partial charge is 0.175 e. The van der Waals surface area contributed by atoms with E-state index in [-0.39, 0.29) is 11.3 Å². The highest BCUT2D eigenvalue weighted by Crippen LogP contribution is 2.64. The molecule has 1 saturated carbocycles. The minimum atomic E-state index is -0.374. The maximum atomic E-state index is 8.64. The van der Waals surface area contributed by atoms with Crippen molar-refractivity contribution in [3.05, 3.63) is 77.9 Å². The number of para-hydroxylation sites is 1. The van der Waals surface area contributed by atoms with Crippen LogP contribution in [0.4, 0.5) is 17.3 Å². The van der Waals surface area contributed by atoms with Crippen molar-refractivity contribution in [1.82, 2.24) is 15.2 Å². The number of aromatic nitrogens is 3. The van der Waals surface area contributed by atoms with Gasteiger partial charge in [0.1, 0.15) is 5.75 Å². The first-order valence-corrected chi connectivity index (χ1v) is 11.5. The molecule has 1 fully saturated rings. The van der Waals surface area contributed by atoms with E-state index < -0.39 is 0 Å². The lowest BCUT2D eigenvalue weighted by Crippen LogP contribution is -2.07. The number of methoxy groups -OCH3 is 2. The minimum absolute atomic E-state index is 0.188. The molecule has 2 atom stereocenters. The molecule has 0 unspecified atom stereocenters. The number of anilines is 2. The molecule has 1 aliphatic carbocycles. The number of H-pyrrole nitrogens is 1. The van der Waals surface area contributed by atoms with Crippen molar-refractivity contribution in [2.75, 3.05) is 19.5 Å². The molecule has 0 saturated heterocycles. The first-order chi connectivity index (χ1) is 17.6. The molecule has 7 nitrogen and oxygen atoms in total. The summed E-state index contributed by atoms with van der Waals surface area (Å²) in [4.78, 5) is 9.29. The Morgan fingerprint density at radius 2 is 1.94 bits per heavy atom. The van der Waals surface area contributed by atoms with Gasteiger partial charge in [-0.3, -0.25) is 10.1 Å². The second kappa shape index (κ2) is 7.30. The molecule has 0 radical (unpaired) electrons. The van der Waals surface area contributed by atoms with E-state index in [1.54, 1.807) is 14.2 Å². The van der Waals surface area contributed by atoms with Crippen LogP contribution < -0.4 is 14.8 Å². The molecule has 1 aliphatic heterocycles. The zero-order chi connectivity index (χ0) is 24.4. The van der Waals surface area contributed by atoms with Gasteiger partial charge >= 0.3 is 0 Å². The highest BCUT2D eigenvalue weighted by molar-refractivity contribution is 5.95. The third kappa shape index (κ3) is 3.01. The summed E-state index contributed by atoms with van der Waals surface area (Å²) in [6, 6.07) is 22.1. The van der Waals surface area contributed by atoms with E-state index in [0.717, 1.165) is 50.8 Å². The average Bonchev–Trinajstić information content (AvgIpc) is 3.46.